The number of hydrogen-bond acceptors (Lipinski definition) is 3. The molecule has 1 unspecified atom stereocenters. The van der Waals surface area contributed by atoms with Gasteiger partial charge in [0.2, 0.25) is 5.91 Å². The van der Waals surface area contributed by atoms with E-state index in [2.05, 4.69) is 56.2 Å². The lowest BCUT2D eigenvalue weighted by Gasteiger charge is -2.36. The van der Waals surface area contributed by atoms with Gasteiger partial charge in [-0.05, 0) is 52.6 Å². The summed E-state index contributed by atoms with van der Waals surface area (Å²) in [6.45, 7) is 11.8. The molecule has 1 aliphatic heterocycles. The van der Waals surface area contributed by atoms with E-state index in [1.165, 1.54) is 24.8 Å². The molecule has 1 fully saturated rings. The molecule has 6 heteroatoms. The van der Waals surface area contributed by atoms with Crippen molar-refractivity contribution < 1.29 is 4.79 Å². The molecule has 1 aromatic carbocycles. The molecule has 1 aromatic rings. The van der Waals surface area contributed by atoms with Gasteiger partial charge in [-0.3, -0.25) is 9.69 Å². The smallest absolute Gasteiger partial charge is 0.242 e. The Bertz CT molecular complexity index is 624. The number of piperidine rings is 1. The van der Waals surface area contributed by atoms with E-state index in [1.54, 1.807) is 0 Å². The van der Waals surface area contributed by atoms with Crippen LogP contribution in [-0.4, -0.2) is 54.5 Å². The van der Waals surface area contributed by atoms with Crippen LogP contribution in [0, 0.1) is 0 Å². The van der Waals surface area contributed by atoms with Crippen LogP contribution < -0.4 is 16.0 Å². The minimum Gasteiger partial charge on any atom is -0.357 e. The standard InChI is InChI=1S/C22H37N5O/c1-5-23-21(25-16-20(28)26-22(2,3)4)24-15-19-13-9-10-14-27(19)17-18-11-7-6-8-12-18/h6-8,11-12,19H,5,9-10,13-17H2,1-4H3,(H,26,28)(H2,23,24,25). The molecule has 0 aliphatic carbocycles. The topological polar surface area (TPSA) is 68.8 Å². The number of rotatable bonds is 7. The maximum atomic E-state index is 12.0. The quantitative estimate of drug-likeness (QED) is 0.497. The third kappa shape index (κ3) is 8.30. The molecule has 156 valence electrons. The Labute approximate surface area is 170 Å². The largest absolute Gasteiger partial charge is 0.357 e. The van der Waals surface area contributed by atoms with Crippen molar-refractivity contribution in [2.45, 2.75) is 65.1 Å². The molecule has 6 nitrogen and oxygen atoms in total. The molecular formula is C22H37N5O. The Morgan fingerprint density at radius 3 is 2.61 bits per heavy atom. The predicted octanol–water partition coefficient (Wildman–Crippen LogP) is 2.51. The molecule has 28 heavy (non-hydrogen) atoms. The van der Waals surface area contributed by atoms with Gasteiger partial charge in [0.15, 0.2) is 5.96 Å². The van der Waals surface area contributed by atoms with Gasteiger partial charge in [0.1, 0.15) is 6.54 Å². The molecule has 1 amide bonds. The zero-order valence-electron chi connectivity index (χ0n) is 17.9. The summed E-state index contributed by atoms with van der Waals surface area (Å²) in [6.07, 6.45) is 3.70. The van der Waals surface area contributed by atoms with Gasteiger partial charge >= 0.3 is 0 Å². The fraction of sp³-hybridized carbons (Fsp3) is 0.636. The molecule has 2 rings (SSSR count). The highest BCUT2D eigenvalue weighted by Gasteiger charge is 2.22. The Morgan fingerprint density at radius 2 is 1.93 bits per heavy atom. The van der Waals surface area contributed by atoms with E-state index < -0.39 is 0 Å². The van der Waals surface area contributed by atoms with Crippen LogP contribution in [-0.2, 0) is 11.3 Å². The average Bonchev–Trinajstić information content (AvgIpc) is 2.64. The van der Waals surface area contributed by atoms with Crippen LogP contribution in [0.2, 0.25) is 0 Å². The molecule has 0 spiro atoms. The van der Waals surface area contributed by atoms with E-state index in [0.717, 1.165) is 26.2 Å². The van der Waals surface area contributed by atoms with E-state index in [9.17, 15) is 4.79 Å². The van der Waals surface area contributed by atoms with Crippen molar-refractivity contribution >= 4 is 11.9 Å². The number of amides is 1. The van der Waals surface area contributed by atoms with Gasteiger partial charge in [-0.2, -0.15) is 0 Å². The number of aliphatic imine (C=N–C) groups is 1. The summed E-state index contributed by atoms with van der Waals surface area (Å²) >= 11 is 0. The van der Waals surface area contributed by atoms with E-state index >= 15 is 0 Å². The highest BCUT2D eigenvalue weighted by molar-refractivity contribution is 5.85. The second kappa shape index (κ2) is 11.1. The van der Waals surface area contributed by atoms with Crippen LogP contribution in [0.5, 0.6) is 0 Å². The van der Waals surface area contributed by atoms with Crippen molar-refractivity contribution in [2.75, 3.05) is 26.2 Å². The van der Waals surface area contributed by atoms with Gasteiger partial charge in [0, 0.05) is 31.2 Å². The molecule has 1 heterocycles. The number of carbonyl (C=O) groups is 1. The third-order valence-corrected chi connectivity index (χ3v) is 4.72. The number of benzene rings is 1. The SMILES string of the molecule is CCNC(=NCC(=O)NC(C)(C)C)NCC1CCCCN1Cc1ccccc1. The lowest BCUT2D eigenvalue weighted by molar-refractivity contribution is -0.121. The van der Waals surface area contributed by atoms with Crippen LogP contribution in [0.15, 0.2) is 35.3 Å². The summed E-state index contributed by atoms with van der Waals surface area (Å²) in [5.74, 6) is 0.643. The van der Waals surface area contributed by atoms with Crippen LogP contribution in [0.25, 0.3) is 0 Å². The molecule has 0 bridgehead atoms. The minimum atomic E-state index is -0.238. The molecule has 1 atom stereocenters. The van der Waals surface area contributed by atoms with E-state index in [1.807, 2.05) is 27.7 Å². The summed E-state index contributed by atoms with van der Waals surface area (Å²) in [6, 6.07) is 11.1. The monoisotopic (exact) mass is 387 g/mol. The minimum absolute atomic E-state index is 0.0620. The number of hydrogen-bond donors (Lipinski definition) is 3. The number of nitrogens with one attached hydrogen (secondary N) is 3. The maximum absolute atomic E-state index is 12.0. The normalized spacial score (nSPS) is 18.6. The Hall–Kier alpha value is -2.08. The summed E-state index contributed by atoms with van der Waals surface area (Å²) in [7, 11) is 0. The van der Waals surface area contributed by atoms with E-state index in [-0.39, 0.29) is 18.0 Å². The molecule has 0 saturated carbocycles. The lowest BCUT2D eigenvalue weighted by atomic mass is 10.0. The number of nitrogens with zero attached hydrogens (tertiary/aromatic N) is 2. The van der Waals surface area contributed by atoms with Crippen LogP contribution in [0.4, 0.5) is 0 Å². The van der Waals surface area contributed by atoms with Crippen molar-refractivity contribution in [3.63, 3.8) is 0 Å². The fourth-order valence-electron chi connectivity index (χ4n) is 3.48. The number of guanidine groups is 1. The van der Waals surface area contributed by atoms with E-state index in [4.69, 9.17) is 0 Å². The van der Waals surface area contributed by atoms with Crippen molar-refractivity contribution in [1.29, 1.82) is 0 Å². The van der Waals surface area contributed by atoms with Crippen LogP contribution in [0.3, 0.4) is 0 Å². The van der Waals surface area contributed by atoms with Crippen LogP contribution >= 0.6 is 0 Å². The van der Waals surface area contributed by atoms with Gasteiger partial charge in [-0.1, -0.05) is 36.8 Å². The first-order chi connectivity index (χ1) is 13.4. The van der Waals surface area contributed by atoms with Gasteiger partial charge in [0.05, 0.1) is 0 Å². The number of carbonyl (C=O) groups excluding carboxylic acids is 1. The Morgan fingerprint density at radius 1 is 1.18 bits per heavy atom. The third-order valence-electron chi connectivity index (χ3n) is 4.72. The first kappa shape index (κ1) is 22.2. The summed E-state index contributed by atoms with van der Waals surface area (Å²) in [5.41, 5.74) is 1.12. The average molecular weight is 388 g/mol. The molecular weight excluding hydrogens is 350 g/mol. The summed E-state index contributed by atoms with van der Waals surface area (Å²) in [5, 5.41) is 9.63. The van der Waals surface area contributed by atoms with Gasteiger partial charge in [-0.25, -0.2) is 4.99 Å². The highest BCUT2D eigenvalue weighted by atomic mass is 16.2. The van der Waals surface area contributed by atoms with Crippen molar-refractivity contribution in [2.24, 2.45) is 4.99 Å². The first-order valence-electron chi connectivity index (χ1n) is 10.5. The van der Waals surface area contributed by atoms with Gasteiger partial charge in [0.25, 0.3) is 0 Å². The Kier molecular flexibility index (Phi) is 8.77. The van der Waals surface area contributed by atoms with Gasteiger partial charge in [-0.15, -0.1) is 0 Å². The maximum Gasteiger partial charge on any atom is 0.242 e. The van der Waals surface area contributed by atoms with Crippen molar-refractivity contribution in [3.8, 4) is 0 Å². The first-order valence-corrected chi connectivity index (χ1v) is 10.5. The van der Waals surface area contributed by atoms with Crippen molar-refractivity contribution in [1.82, 2.24) is 20.9 Å². The number of likely N-dealkylation sites (tertiary alicyclic amines) is 1. The summed E-state index contributed by atoms with van der Waals surface area (Å²) in [4.78, 5) is 19.1. The molecule has 1 aliphatic rings. The highest BCUT2D eigenvalue weighted by Crippen LogP contribution is 2.19. The second-order valence-electron chi connectivity index (χ2n) is 8.48. The van der Waals surface area contributed by atoms with Crippen molar-refractivity contribution in [3.05, 3.63) is 35.9 Å². The fourth-order valence-corrected chi connectivity index (χ4v) is 3.48. The lowest BCUT2D eigenvalue weighted by Crippen LogP contribution is -2.49. The zero-order valence-corrected chi connectivity index (χ0v) is 17.9. The second-order valence-corrected chi connectivity index (χ2v) is 8.48. The molecule has 0 aromatic heterocycles. The molecule has 1 saturated heterocycles. The zero-order chi connectivity index (χ0) is 20.4. The molecule has 3 N–H and O–H groups in total. The molecule has 0 radical (unpaired) electrons. The Balaban J connectivity index is 1.90. The van der Waals surface area contributed by atoms with Gasteiger partial charge < -0.3 is 16.0 Å². The summed E-state index contributed by atoms with van der Waals surface area (Å²) < 4.78 is 0. The predicted molar refractivity (Wildman–Crippen MR) is 116 cm³/mol. The van der Waals surface area contributed by atoms with Crippen LogP contribution in [0.1, 0.15) is 52.5 Å². The van der Waals surface area contributed by atoms with E-state index in [0.29, 0.717) is 12.0 Å².